The number of fused-ring (bicyclic) bond motifs is 1. The summed E-state index contributed by atoms with van der Waals surface area (Å²) >= 11 is 0. The minimum atomic E-state index is -4.03. The molecule has 1 heterocycles. The van der Waals surface area contributed by atoms with E-state index >= 15 is 0 Å². The van der Waals surface area contributed by atoms with E-state index in [1.165, 1.54) is 18.2 Å². The lowest BCUT2D eigenvalue weighted by Crippen LogP contribution is -2.36. The lowest BCUT2D eigenvalue weighted by atomic mass is 10.0. The highest BCUT2D eigenvalue weighted by atomic mass is 32.2. The Hall–Kier alpha value is -3.75. The van der Waals surface area contributed by atoms with Crippen LogP contribution in [0.4, 0.5) is 0 Å². The van der Waals surface area contributed by atoms with E-state index in [1.807, 2.05) is 13.8 Å². The summed E-state index contributed by atoms with van der Waals surface area (Å²) in [4.78, 5) is 25.4. The summed E-state index contributed by atoms with van der Waals surface area (Å²) in [6.07, 6.45) is 0.636. The van der Waals surface area contributed by atoms with Gasteiger partial charge in [-0.3, -0.25) is 0 Å². The normalized spacial score (nSPS) is 12.4. The Morgan fingerprint density at radius 3 is 2.34 bits per heavy atom. The largest absolute Gasteiger partial charge is 0.425 e. The van der Waals surface area contributed by atoms with Crippen LogP contribution in [-0.2, 0) is 21.2 Å². The highest BCUT2D eigenvalue weighted by Gasteiger charge is 2.29. The Labute approximate surface area is 203 Å². The minimum absolute atomic E-state index is 0.0348. The molecule has 7 nitrogen and oxygen atoms in total. The van der Waals surface area contributed by atoms with Crippen LogP contribution in [0.1, 0.15) is 35.2 Å². The summed E-state index contributed by atoms with van der Waals surface area (Å²) in [7, 11) is -4.03. The molecule has 0 unspecified atom stereocenters. The molecule has 0 saturated heterocycles. The number of aryl methyl sites for hydroxylation is 3. The van der Waals surface area contributed by atoms with Crippen molar-refractivity contribution in [1.82, 2.24) is 4.72 Å². The Balaban J connectivity index is 1.71. The molecule has 1 N–H and O–H groups in total. The molecule has 1 atom stereocenters. The van der Waals surface area contributed by atoms with Gasteiger partial charge in [-0.1, -0.05) is 55.0 Å². The highest BCUT2D eigenvalue weighted by Crippen LogP contribution is 2.30. The Bertz CT molecular complexity index is 1540. The first-order valence-electron chi connectivity index (χ1n) is 11.1. The van der Waals surface area contributed by atoms with Gasteiger partial charge in [-0.05, 0) is 55.7 Å². The van der Waals surface area contributed by atoms with E-state index in [0.29, 0.717) is 23.1 Å². The second-order valence-corrected chi connectivity index (χ2v) is 9.92. The van der Waals surface area contributed by atoms with Crippen molar-refractivity contribution >= 4 is 27.0 Å². The van der Waals surface area contributed by atoms with Gasteiger partial charge in [0.1, 0.15) is 17.4 Å². The molecule has 0 aliphatic heterocycles. The smallest absolute Gasteiger partial charge is 0.336 e. The second-order valence-electron chi connectivity index (χ2n) is 8.21. The standard InChI is InChI=1S/C27H25NO6S/c1-4-19-16-24(29)34-26-18(3)23(15-14-22(19)26)33-27(30)25(20-8-6-5-7-9-20)28-35(31,32)21-12-10-17(2)11-13-21/h5-16,25,28H,4H2,1-3H3/t25-/m0/s1. The molecule has 0 fully saturated rings. The lowest BCUT2D eigenvalue weighted by molar-refractivity contribution is -0.136. The predicted octanol–water partition coefficient (Wildman–Crippen LogP) is 4.60. The SMILES string of the molecule is CCc1cc(=O)oc2c(C)c(OC(=O)[C@@H](NS(=O)(=O)c3ccc(C)cc3)c3ccccc3)ccc12. The molecule has 8 heteroatoms. The van der Waals surface area contributed by atoms with Gasteiger partial charge in [0.25, 0.3) is 0 Å². The average molecular weight is 492 g/mol. The number of carbonyl (C=O) groups is 1. The maximum Gasteiger partial charge on any atom is 0.336 e. The van der Waals surface area contributed by atoms with Gasteiger partial charge >= 0.3 is 11.6 Å². The fourth-order valence-corrected chi connectivity index (χ4v) is 4.99. The average Bonchev–Trinajstić information content (AvgIpc) is 2.85. The Morgan fingerprint density at radius 1 is 1.00 bits per heavy atom. The van der Waals surface area contributed by atoms with E-state index in [1.54, 1.807) is 61.5 Å². The summed E-state index contributed by atoms with van der Waals surface area (Å²) in [5, 5.41) is 0.754. The van der Waals surface area contributed by atoms with Crippen molar-refractivity contribution < 1.29 is 22.4 Å². The van der Waals surface area contributed by atoms with Crippen molar-refractivity contribution in [2.75, 3.05) is 0 Å². The van der Waals surface area contributed by atoms with Crippen molar-refractivity contribution in [2.45, 2.75) is 38.1 Å². The van der Waals surface area contributed by atoms with E-state index in [-0.39, 0.29) is 10.6 Å². The molecule has 0 aliphatic carbocycles. The molecule has 0 amide bonds. The molecule has 0 saturated carbocycles. The number of hydrogen-bond donors (Lipinski definition) is 1. The molecular weight excluding hydrogens is 466 g/mol. The maximum absolute atomic E-state index is 13.3. The number of esters is 1. The number of nitrogens with one attached hydrogen (secondary N) is 1. The summed E-state index contributed by atoms with van der Waals surface area (Å²) in [5.74, 6) is -0.641. The highest BCUT2D eigenvalue weighted by molar-refractivity contribution is 7.89. The molecule has 0 bridgehead atoms. The van der Waals surface area contributed by atoms with Crippen LogP contribution in [0.5, 0.6) is 5.75 Å². The fraction of sp³-hybridized carbons (Fsp3) is 0.185. The fourth-order valence-electron chi connectivity index (χ4n) is 3.82. The van der Waals surface area contributed by atoms with Gasteiger partial charge in [-0.15, -0.1) is 0 Å². The summed E-state index contributed by atoms with van der Waals surface area (Å²) < 4.78 is 39.7. The molecule has 4 aromatic rings. The van der Waals surface area contributed by atoms with Crippen LogP contribution in [0.25, 0.3) is 11.0 Å². The van der Waals surface area contributed by atoms with Gasteiger partial charge in [0.15, 0.2) is 0 Å². The van der Waals surface area contributed by atoms with E-state index in [0.717, 1.165) is 16.5 Å². The van der Waals surface area contributed by atoms with Gasteiger partial charge in [0.05, 0.1) is 4.90 Å². The molecule has 0 aliphatic rings. The topological polar surface area (TPSA) is 103 Å². The number of hydrogen-bond acceptors (Lipinski definition) is 6. The van der Waals surface area contributed by atoms with Gasteiger partial charge < -0.3 is 9.15 Å². The van der Waals surface area contributed by atoms with E-state index in [9.17, 15) is 18.0 Å². The lowest BCUT2D eigenvalue weighted by Gasteiger charge is -2.19. The van der Waals surface area contributed by atoms with Gasteiger partial charge in [0, 0.05) is 17.0 Å². The van der Waals surface area contributed by atoms with Crippen LogP contribution < -0.4 is 15.1 Å². The first kappa shape index (κ1) is 24.4. The van der Waals surface area contributed by atoms with Crippen molar-refractivity contribution in [2.24, 2.45) is 0 Å². The van der Waals surface area contributed by atoms with E-state index < -0.39 is 27.7 Å². The van der Waals surface area contributed by atoms with Crippen LogP contribution in [0.15, 0.2) is 86.9 Å². The van der Waals surface area contributed by atoms with Crippen LogP contribution in [0.2, 0.25) is 0 Å². The van der Waals surface area contributed by atoms with Crippen LogP contribution in [-0.4, -0.2) is 14.4 Å². The van der Waals surface area contributed by atoms with Gasteiger partial charge in [-0.25, -0.2) is 18.0 Å². The van der Waals surface area contributed by atoms with E-state index in [4.69, 9.17) is 9.15 Å². The molecule has 35 heavy (non-hydrogen) atoms. The number of rotatable bonds is 7. The molecule has 4 rings (SSSR count). The number of ether oxygens (including phenoxy) is 1. The van der Waals surface area contributed by atoms with Gasteiger partial charge in [-0.2, -0.15) is 4.72 Å². The zero-order chi connectivity index (χ0) is 25.2. The monoisotopic (exact) mass is 491 g/mol. The molecule has 3 aromatic carbocycles. The molecule has 0 radical (unpaired) electrons. The first-order valence-corrected chi connectivity index (χ1v) is 12.6. The first-order chi connectivity index (χ1) is 16.7. The third-order valence-electron chi connectivity index (χ3n) is 5.76. The predicted molar refractivity (Wildman–Crippen MR) is 133 cm³/mol. The van der Waals surface area contributed by atoms with Crippen molar-refractivity contribution in [1.29, 1.82) is 0 Å². The molecule has 0 spiro atoms. The summed E-state index contributed by atoms with van der Waals surface area (Å²) in [5.41, 5.74) is 2.46. The number of benzene rings is 3. The third-order valence-corrected chi connectivity index (χ3v) is 7.20. The van der Waals surface area contributed by atoms with Crippen LogP contribution in [0.3, 0.4) is 0 Å². The Kier molecular flexibility index (Phi) is 6.86. The Morgan fingerprint density at radius 2 is 1.69 bits per heavy atom. The summed E-state index contributed by atoms with van der Waals surface area (Å²) in [6.45, 7) is 5.47. The number of carbonyl (C=O) groups excluding carboxylic acids is 1. The van der Waals surface area contributed by atoms with Crippen LogP contribution >= 0.6 is 0 Å². The van der Waals surface area contributed by atoms with E-state index in [2.05, 4.69) is 4.72 Å². The van der Waals surface area contributed by atoms with Gasteiger partial charge in [0.2, 0.25) is 10.0 Å². The second kappa shape index (κ2) is 9.85. The van der Waals surface area contributed by atoms with Crippen molar-refractivity contribution in [3.05, 3.63) is 105 Å². The molecular formula is C27H25NO6S. The molecule has 1 aromatic heterocycles. The summed E-state index contributed by atoms with van der Waals surface area (Å²) in [6, 6.07) is 18.3. The number of sulfonamides is 1. The quantitative estimate of drug-likeness (QED) is 0.230. The van der Waals surface area contributed by atoms with Crippen molar-refractivity contribution in [3.63, 3.8) is 0 Å². The third kappa shape index (κ3) is 5.18. The maximum atomic E-state index is 13.3. The molecule has 180 valence electrons. The minimum Gasteiger partial charge on any atom is -0.425 e. The van der Waals surface area contributed by atoms with Crippen molar-refractivity contribution in [3.8, 4) is 5.75 Å². The zero-order valence-electron chi connectivity index (χ0n) is 19.6. The zero-order valence-corrected chi connectivity index (χ0v) is 20.4. The van der Waals surface area contributed by atoms with Crippen LogP contribution in [0, 0.1) is 13.8 Å².